The fourth-order valence-electron chi connectivity index (χ4n) is 2.25. The van der Waals surface area contributed by atoms with Crippen LogP contribution in [0.25, 0.3) is 0 Å². The van der Waals surface area contributed by atoms with Crippen molar-refractivity contribution in [2.75, 3.05) is 7.05 Å². The average molecular weight is 297 g/mol. The van der Waals surface area contributed by atoms with Gasteiger partial charge in [0.2, 0.25) is 0 Å². The zero-order chi connectivity index (χ0) is 15.5. The summed E-state index contributed by atoms with van der Waals surface area (Å²) in [5.74, 6) is 0.419. The lowest BCUT2D eigenvalue weighted by Gasteiger charge is -2.18. The van der Waals surface area contributed by atoms with E-state index in [-0.39, 0.29) is 0 Å². The lowest BCUT2D eigenvalue weighted by atomic mass is 10.1. The zero-order valence-electron chi connectivity index (χ0n) is 12.1. The average Bonchev–Trinajstić information content (AvgIpc) is 2.74. The van der Waals surface area contributed by atoms with Gasteiger partial charge in [-0.1, -0.05) is 29.8 Å². The molecule has 0 saturated heterocycles. The third kappa shape index (κ3) is 4.90. The van der Waals surface area contributed by atoms with E-state index in [9.17, 15) is 13.2 Å². The minimum atomic E-state index is -4.23. The molecule has 0 saturated carbocycles. The molecule has 0 N–H and O–H groups in total. The van der Waals surface area contributed by atoms with Crippen LogP contribution in [0.1, 0.15) is 17.0 Å². The lowest BCUT2D eigenvalue weighted by molar-refractivity contribution is -0.141. The van der Waals surface area contributed by atoms with Crippen molar-refractivity contribution in [1.82, 2.24) is 14.5 Å². The van der Waals surface area contributed by atoms with Gasteiger partial charge in [-0.15, -0.1) is 0 Å². The van der Waals surface area contributed by atoms with Crippen molar-refractivity contribution in [1.29, 1.82) is 0 Å². The summed E-state index contributed by atoms with van der Waals surface area (Å²) in [7, 11) is 1.87. The van der Waals surface area contributed by atoms with E-state index in [1.54, 1.807) is 0 Å². The van der Waals surface area contributed by atoms with Gasteiger partial charge in [0.25, 0.3) is 0 Å². The number of aryl methyl sites for hydroxylation is 1. The summed E-state index contributed by atoms with van der Waals surface area (Å²) in [5.41, 5.74) is 2.30. The Bertz CT molecular complexity index is 590. The van der Waals surface area contributed by atoms with Crippen molar-refractivity contribution >= 4 is 0 Å². The molecular weight excluding hydrogens is 279 g/mol. The largest absolute Gasteiger partial charge is 0.406 e. The molecule has 1 aromatic carbocycles. The molecule has 2 rings (SSSR count). The highest BCUT2D eigenvalue weighted by atomic mass is 19.4. The first-order chi connectivity index (χ1) is 9.83. The highest BCUT2D eigenvalue weighted by molar-refractivity contribution is 5.22. The van der Waals surface area contributed by atoms with Gasteiger partial charge >= 0.3 is 6.18 Å². The Morgan fingerprint density at radius 2 is 2.00 bits per heavy atom. The number of rotatable bonds is 5. The van der Waals surface area contributed by atoms with Crippen molar-refractivity contribution in [2.24, 2.45) is 0 Å². The molecule has 0 unspecified atom stereocenters. The van der Waals surface area contributed by atoms with Crippen LogP contribution in [0.2, 0.25) is 0 Å². The van der Waals surface area contributed by atoms with Gasteiger partial charge in [0.1, 0.15) is 12.4 Å². The molecule has 0 amide bonds. The van der Waals surface area contributed by atoms with Gasteiger partial charge in [-0.05, 0) is 19.5 Å². The van der Waals surface area contributed by atoms with E-state index in [4.69, 9.17) is 0 Å². The van der Waals surface area contributed by atoms with Gasteiger partial charge in [0, 0.05) is 18.9 Å². The third-order valence-corrected chi connectivity index (χ3v) is 3.10. The Kier molecular flexibility index (Phi) is 4.67. The SMILES string of the molecule is Cc1cccc(CN(C)Cc2nccn2CC(F)(F)F)c1. The fourth-order valence-corrected chi connectivity index (χ4v) is 2.25. The second-order valence-corrected chi connectivity index (χ2v) is 5.25. The first-order valence-corrected chi connectivity index (χ1v) is 6.64. The van der Waals surface area contributed by atoms with Gasteiger partial charge in [-0.25, -0.2) is 4.98 Å². The number of halogens is 3. The number of hydrogen-bond donors (Lipinski definition) is 0. The monoisotopic (exact) mass is 297 g/mol. The molecule has 0 aliphatic carbocycles. The quantitative estimate of drug-likeness (QED) is 0.843. The smallest absolute Gasteiger partial charge is 0.325 e. The van der Waals surface area contributed by atoms with Crippen molar-refractivity contribution in [3.63, 3.8) is 0 Å². The van der Waals surface area contributed by atoms with Gasteiger partial charge in [0.15, 0.2) is 0 Å². The molecule has 0 radical (unpaired) electrons. The highest BCUT2D eigenvalue weighted by Crippen LogP contribution is 2.19. The first-order valence-electron chi connectivity index (χ1n) is 6.64. The van der Waals surface area contributed by atoms with Gasteiger partial charge in [-0.3, -0.25) is 4.90 Å². The number of benzene rings is 1. The van der Waals surface area contributed by atoms with E-state index in [2.05, 4.69) is 11.1 Å². The molecule has 1 aromatic heterocycles. The minimum absolute atomic E-state index is 0.372. The molecule has 2 aromatic rings. The maximum Gasteiger partial charge on any atom is 0.406 e. The normalized spacial score (nSPS) is 12.1. The summed E-state index contributed by atoms with van der Waals surface area (Å²) in [6.45, 7) is 2.05. The number of nitrogens with zero attached hydrogens (tertiary/aromatic N) is 3. The van der Waals surface area contributed by atoms with E-state index in [1.165, 1.54) is 18.0 Å². The molecule has 6 heteroatoms. The van der Waals surface area contributed by atoms with Crippen LogP contribution in [0.4, 0.5) is 13.2 Å². The van der Waals surface area contributed by atoms with Crippen molar-refractivity contribution in [2.45, 2.75) is 32.7 Å². The van der Waals surface area contributed by atoms with Crippen LogP contribution >= 0.6 is 0 Å². The molecule has 21 heavy (non-hydrogen) atoms. The summed E-state index contributed by atoms with van der Waals surface area (Å²) in [6.07, 6.45) is -1.46. The Morgan fingerprint density at radius 3 is 2.67 bits per heavy atom. The number of hydrogen-bond acceptors (Lipinski definition) is 2. The summed E-state index contributed by atoms with van der Waals surface area (Å²) in [5, 5.41) is 0. The predicted molar refractivity (Wildman–Crippen MR) is 74.6 cm³/mol. The summed E-state index contributed by atoms with van der Waals surface area (Å²) < 4.78 is 38.5. The first kappa shape index (κ1) is 15.6. The van der Waals surface area contributed by atoms with Gasteiger partial charge < -0.3 is 4.57 Å². The standard InChI is InChI=1S/C15H18F3N3/c1-12-4-3-5-13(8-12)9-20(2)10-14-19-6-7-21(14)11-15(16,17)18/h3-8H,9-11H2,1-2H3. The lowest BCUT2D eigenvalue weighted by Crippen LogP contribution is -2.23. The minimum Gasteiger partial charge on any atom is -0.325 e. The van der Waals surface area contributed by atoms with Crippen LogP contribution in [-0.2, 0) is 19.6 Å². The molecule has 0 aliphatic rings. The number of aromatic nitrogens is 2. The summed E-state index contributed by atoms with van der Waals surface area (Å²) in [4.78, 5) is 5.97. The van der Waals surface area contributed by atoms with E-state index >= 15 is 0 Å². The van der Waals surface area contributed by atoms with Crippen LogP contribution in [-0.4, -0.2) is 27.7 Å². The Labute approximate surface area is 122 Å². The fraction of sp³-hybridized carbons (Fsp3) is 0.400. The molecular formula is C15H18F3N3. The third-order valence-electron chi connectivity index (χ3n) is 3.10. The molecule has 0 atom stereocenters. The molecule has 0 aliphatic heterocycles. The van der Waals surface area contributed by atoms with Crippen LogP contribution in [0.15, 0.2) is 36.7 Å². The summed E-state index contributed by atoms with van der Waals surface area (Å²) >= 11 is 0. The van der Waals surface area contributed by atoms with Crippen LogP contribution in [0.3, 0.4) is 0 Å². The maximum absolute atomic E-state index is 12.5. The molecule has 0 bridgehead atoms. The second-order valence-electron chi connectivity index (χ2n) is 5.25. The van der Waals surface area contributed by atoms with E-state index in [0.717, 1.165) is 10.1 Å². The van der Waals surface area contributed by atoms with E-state index in [0.29, 0.717) is 18.9 Å². The Morgan fingerprint density at radius 1 is 1.24 bits per heavy atom. The Balaban J connectivity index is 2.00. The topological polar surface area (TPSA) is 21.1 Å². The second kappa shape index (κ2) is 6.30. The molecule has 0 fully saturated rings. The van der Waals surface area contributed by atoms with Crippen LogP contribution < -0.4 is 0 Å². The Hall–Kier alpha value is -1.82. The number of alkyl halides is 3. The van der Waals surface area contributed by atoms with Crippen molar-refractivity contribution in [3.8, 4) is 0 Å². The van der Waals surface area contributed by atoms with Crippen LogP contribution in [0.5, 0.6) is 0 Å². The van der Waals surface area contributed by atoms with E-state index in [1.807, 2.05) is 37.1 Å². The van der Waals surface area contributed by atoms with Crippen molar-refractivity contribution in [3.05, 3.63) is 53.6 Å². The van der Waals surface area contributed by atoms with Gasteiger partial charge in [0.05, 0.1) is 6.54 Å². The van der Waals surface area contributed by atoms with E-state index < -0.39 is 12.7 Å². The van der Waals surface area contributed by atoms with Crippen molar-refractivity contribution < 1.29 is 13.2 Å². The summed E-state index contributed by atoms with van der Waals surface area (Å²) in [6, 6.07) is 8.06. The van der Waals surface area contributed by atoms with Crippen LogP contribution in [0, 0.1) is 6.92 Å². The molecule has 114 valence electrons. The molecule has 3 nitrogen and oxygen atoms in total. The molecule has 1 heterocycles. The molecule has 0 spiro atoms. The highest BCUT2D eigenvalue weighted by Gasteiger charge is 2.28. The maximum atomic E-state index is 12.5. The van der Waals surface area contributed by atoms with Gasteiger partial charge in [-0.2, -0.15) is 13.2 Å². The number of imidazole rings is 1. The predicted octanol–water partition coefficient (Wildman–Crippen LogP) is 3.39. The zero-order valence-corrected chi connectivity index (χ0v) is 12.1.